The Hall–Kier alpha value is -6.88. The molecule has 0 spiro atoms. The van der Waals surface area contributed by atoms with Crippen LogP contribution in [0.15, 0.2) is 36.7 Å². The summed E-state index contributed by atoms with van der Waals surface area (Å²) in [5.74, 6) is 1.85. The van der Waals surface area contributed by atoms with Gasteiger partial charge < -0.3 is 72.8 Å². The number of nitrogens with one attached hydrogen (secondary N) is 1. The first-order valence-electron chi connectivity index (χ1n) is 32.2. The van der Waals surface area contributed by atoms with Gasteiger partial charge in [0.25, 0.3) is 0 Å². The summed E-state index contributed by atoms with van der Waals surface area (Å²) in [7, 11) is 3.17. The number of H-pyrrole nitrogens is 1. The Bertz CT molecular complexity index is 3470. The maximum Gasteiger partial charge on any atom is 0.410 e. The summed E-state index contributed by atoms with van der Waals surface area (Å²) < 4.78 is 26.6. The average molecular weight is 1230 g/mol. The molecule has 476 valence electrons. The monoisotopic (exact) mass is 1220 g/mol. The van der Waals surface area contributed by atoms with E-state index in [2.05, 4.69) is 131 Å². The number of amides is 2. The second kappa shape index (κ2) is 26.3. The lowest BCUT2D eigenvalue weighted by molar-refractivity contribution is 0.0240. The lowest BCUT2D eigenvalue weighted by Gasteiger charge is -2.38. The van der Waals surface area contributed by atoms with Crippen LogP contribution in [0.3, 0.4) is 0 Å². The fourth-order valence-corrected chi connectivity index (χ4v) is 14.3. The average Bonchev–Trinajstić information content (AvgIpc) is 1.51. The molecule has 4 fully saturated rings. The van der Waals surface area contributed by atoms with E-state index >= 15 is 0 Å². The number of piperazine rings is 2. The molecule has 88 heavy (non-hydrogen) atoms. The highest BCUT2D eigenvalue weighted by atomic mass is 28.3. The van der Waals surface area contributed by atoms with Crippen molar-refractivity contribution in [3.63, 3.8) is 0 Å². The largest absolute Gasteiger partial charge is 0.465 e. The fourth-order valence-electron chi connectivity index (χ4n) is 13.5. The molecular weight excluding hydrogens is 1130 g/mol. The molecule has 0 radical (unpaired) electrons. The van der Waals surface area contributed by atoms with Crippen LogP contribution >= 0.6 is 0 Å². The second-order valence-corrected chi connectivity index (χ2v) is 33.2. The van der Waals surface area contributed by atoms with Crippen molar-refractivity contribution in [2.75, 3.05) is 132 Å². The first-order valence-corrected chi connectivity index (χ1v) is 35.9. The number of aryl methyl sites for hydroxylation is 2. The van der Waals surface area contributed by atoms with Crippen molar-refractivity contribution < 1.29 is 33.6 Å². The number of fused-ring (bicyclic) bond motifs is 4. The lowest BCUT2D eigenvalue weighted by Crippen LogP contribution is -2.50. The number of carboxylic acid groups (broad SMARTS) is 1. The van der Waals surface area contributed by atoms with Gasteiger partial charge in [-0.2, -0.15) is 19.9 Å². The smallest absolute Gasteiger partial charge is 0.410 e. The van der Waals surface area contributed by atoms with E-state index in [1.165, 1.54) is 73.2 Å². The Balaban J connectivity index is 0.000000183. The summed E-state index contributed by atoms with van der Waals surface area (Å²) in [6.07, 6.45) is 9.34. The predicted molar refractivity (Wildman–Crippen MR) is 351 cm³/mol. The topological polar surface area (TPSA) is 189 Å². The van der Waals surface area contributed by atoms with Gasteiger partial charge in [-0.15, -0.1) is 0 Å². The SMILES string of the molecule is Cc1cc2[nH]ccc2c(N2CCc3c(nc(OC[C@@H]4CCCN4C)nc3N3CCN(C(=O)OC(C)(C)C)CC3)C2)c1C.Cc1cc2c(ccn2COCC[Si](C)(C)C)c(N2CCc3c(nc(OC[C@@H]4CCCN4C)nc3N3CCN(C(=O)O)CC3)C2)c1C. The Morgan fingerprint density at radius 3 is 1.68 bits per heavy atom. The van der Waals surface area contributed by atoms with Gasteiger partial charge in [0.15, 0.2) is 0 Å². The fraction of sp³-hybridized carbons (Fsp3) is 0.606. The van der Waals surface area contributed by atoms with Crippen molar-refractivity contribution in [2.45, 2.75) is 150 Å². The minimum Gasteiger partial charge on any atom is -0.465 e. The van der Waals surface area contributed by atoms with Gasteiger partial charge >= 0.3 is 24.2 Å². The van der Waals surface area contributed by atoms with Gasteiger partial charge in [0.2, 0.25) is 0 Å². The van der Waals surface area contributed by atoms with Gasteiger partial charge in [-0.1, -0.05) is 19.6 Å². The number of hydrogen-bond acceptors (Lipinski definition) is 16. The number of rotatable bonds is 15. The van der Waals surface area contributed by atoms with Crippen molar-refractivity contribution in [3.05, 3.63) is 81.4 Å². The van der Waals surface area contributed by atoms with Gasteiger partial charge in [0.1, 0.15) is 37.2 Å². The summed E-state index contributed by atoms with van der Waals surface area (Å²) in [5.41, 5.74) is 13.9. The number of benzene rings is 2. The molecular formula is C66H96N14O7Si. The number of ether oxygens (including phenoxy) is 4. The molecule has 21 nitrogen and oxygen atoms in total. The highest BCUT2D eigenvalue weighted by Gasteiger charge is 2.34. The van der Waals surface area contributed by atoms with Crippen LogP contribution in [0.2, 0.25) is 25.7 Å². The summed E-state index contributed by atoms with van der Waals surface area (Å²) in [6, 6.07) is 11.7. The second-order valence-electron chi connectivity index (χ2n) is 27.6. The van der Waals surface area contributed by atoms with Gasteiger partial charge in [-0.25, -0.2) is 9.59 Å². The molecule has 4 saturated heterocycles. The normalized spacial score (nSPS) is 19.5. The third kappa shape index (κ3) is 14.1. The molecule has 2 atom stereocenters. The van der Waals surface area contributed by atoms with E-state index in [0.29, 0.717) is 109 Å². The van der Waals surface area contributed by atoms with Crippen LogP contribution in [0.25, 0.3) is 21.8 Å². The molecule has 2 aromatic carbocycles. The lowest BCUT2D eigenvalue weighted by atomic mass is 9.99. The van der Waals surface area contributed by atoms with Crippen molar-refractivity contribution in [1.29, 1.82) is 0 Å². The molecule has 2 amide bonds. The number of aromatic amines is 1. The zero-order chi connectivity index (χ0) is 62.2. The van der Waals surface area contributed by atoms with Gasteiger partial charge in [-0.3, -0.25) is 0 Å². The molecule has 6 aliphatic rings. The van der Waals surface area contributed by atoms with Crippen LogP contribution in [-0.2, 0) is 42.1 Å². The highest BCUT2D eigenvalue weighted by Crippen LogP contribution is 2.40. The van der Waals surface area contributed by atoms with Crippen LogP contribution in [0, 0.1) is 27.7 Å². The van der Waals surface area contributed by atoms with Gasteiger partial charge in [0, 0.05) is 143 Å². The standard InChI is InChI=1S/C34H51N7O4Si.C32H45N7O3/c1-24-20-30-28(10-13-41(30)23-44-18-19-46(4,5)6)31(25(24)2)40-12-9-27-29(21-40)35-33(45-22-26-8-7-11-37(26)3)36-32(27)38-14-16-39(17-15-38)34(42)43;1-21-18-26-24(9-11-33-26)28(22(21)2)39-13-10-25-27(19-39)34-30(41-20-23-8-7-12-36(23)6)35-29(25)37-14-16-38(17-15-37)31(40)42-32(3,4)5/h10,13,20,26H,7-9,11-12,14-19,21-23H2,1-6H3,(H,42,43);9,11,18,23,33H,7-8,10,12-17,19-20H2,1-6H3/t26-;23-/m00/s1. The molecule has 4 aromatic heterocycles. The Labute approximate surface area is 521 Å². The molecule has 2 N–H and O–H groups in total. The number of carbonyl (C=O) groups excluding carboxylic acids is 1. The van der Waals surface area contributed by atoms with Crippen LogP contribution in [0.5, 0.6) is 12.0 Å². The van der Waals surface area contributed by atoms with Crippen molar-refractivity contribution in [1.82, 2.24) is 49.1 Å². The first-order chi connectivity index (χ1) is 42.0. The quantitative estimate of drug-likeness (QED) is 0.0729. The minimum atomic E-state index is -1.14. The Morgan fingerprint density at radius 1 is 0.659 bits per heavy atom. The molecule has 12 rings (SSSR count). The number of likely N-dealkylation sites (tertiary alicyclic amines) is 2. The number of hydrogen-bond donors (Lipinski definition) is 2. The maximum atomic E-state index is 12.7. The van der Waals surface area contributed by atoms with E-state index in [-0.39, 0.29) is 6.09 Å². The molecule has 0 unspecified atom stereocenters. The molecule has 6 aromatic rings. The molecule has 0 bridgehead atoms. The van der Waals surface area contributed by atoms with E-state index in [1.807, 2.05) is 27.0 Å². The molecule has 0 aliphatic carbocycles. The minimum absolute atomic E-state index is 0.253. The molecule has 22 heteroatoms. The predicted octanol–water partition coefficient (Wildman–Crippen LogP) is 9.86. The Kier molecular flexibility index (Phi) is 18.7. The molecule has 6 aliphatic heterocycles. The van der Waals surface area contributed by atoms with Crippen LogP contribution in [0.4, 0.5) is 32.6 Å². The van der Waals surface area contributed by atoms with Gasteiger partial charge in [-0.05, 0) is 167 Å². The summed E-state index contributed by atoms with van der Waals surface area (Å²) in [5, 5.41) is 12.0. The third-order valence-corrected chi connectivity index (χ3v) is 20.7. The maximum absolute atomic E-state index is 12.7. The number of nitrogens with zero attached hydrogens (tertiary/aromatic N) is 13. The number of likely N-dealkylation sites (N-methyl/N-ethyl adjacent to an activating group) is 2. The van der Waals surface area contributed by atoms with Crippen molar-refractivity contribution >= 4 is 65.1 Å². The molecule has 10 heterocycles. The van der Waals surface area contributed by atoms with Crippen LogP contribution in [-0.4, -0.2) is 205 Å². The highest BCUT2D eigenvalue weighted by molar-refractivity contribution is 6.76. The number of aromatic nitrogens is 6. The number of carbonyl (C=O) groups is 2. The summed E-state index contributed by atoms with van der Waals surface area (Å²) in [6.45, 7) is 34.2. The van der Waals surface area contributed by atoms with E-state index in [4.69, 9.17) is 38.9 Å². The van der Waals surface area contributed by atoms with E-state index in [0.717, 1.165) is 98.6 Å². The van der Waals surface area contributed by atoms with Crippen LogP contribution < -0.4 is 29.1 Å². The van der Waals surface area contributed by atoms with Gasteiger partial charge in [0.05, 0.1) is 30.0 Å². The van der Waals surface area contributed by atoms with E-state index < -0.39 is 19.8 Å². The number of anilines is 4. The van der Waals surface area contributed by atoms with E-state index in [1.54, 1.807) is 4.90 Å². The first kappa shape index (κ1) is 62.7. The molecule has 0 saturated carbocycles. The van der Waals surface area contributed by atoms with E-state index in [9.17, 15) is 14.7 Å². The van der Waals surface area contributed by atoms with Crippen molar-refractivity contribution in [2.24, 2.45) is 0 Å². The zero-order valence-electron chi connectivity index (χ0n) is 54.5. The Morgan fingerprint density at radius 2 is 1.18 bits per heavy atom. The van der Waals surface area contributed by atoms with Crippen molar-refractivity contribution in [3.8, 4) is 12.0 Å². The summed E-state index contributed by atoms with van der Waals surface area (Å²) in [4.78, 5) is 65.2. The van der Waals surface area contributed by atoms with Crippen LogP contribution in [0.1, 0.15) is 91.2 Å². The summed E-state index contributed by atoms with van der Waals surface area (Å²) >= 11 is 0. The zero-order valence-corrected chi connectivity index (χ0v) is 55.5. The third-order valence-electron chi connectivity index (χ3n) is 19.0.